The lowest BCUT2D eigenvalue weighted by Crippen LogP contribution is -2.28. The summed E-state index contributed by atoms with van der Waals surface area (Å²) < 4.78 is 2.96. The Morgan fingerprint density at radius 3 is 2.62 bits per heavy atom. The lowest BCUT2D eigenvalue weighted by molar-refractivity contribution is -0.128. The lowest BCUT2D eigenvalue weighted by Gasteiger charge is -2.12. The van der Waals surface area contributed by atoms with Crippen LogP contribution in [0.5, 0.6) is 0 Å². The smallest absolute Gasteiger partial charge is 0.297 e. The first-order chi connectivity index (χ1) is 13.8. The molecule has 1 aromatic carbocycles. The molecule has 0 fully saturated rings. The largest absolute Gasteiger partial charge is 0.348 e. The van der Waals surface area contributed by atoms with Gasteiger partial charge >= 0.3 is 0 Å². The molecule has 3 heterocycles. The number of carbonyl (C=O) groups excluding carboxylic acids is 1. The van der Waals surface area contributed by atoms with Gasteiger partial charge in [0, 0.05) is 36.9 Å². The summed E-state index contributed by atoms with van der Waals surface area (Å²) in [6, 6.07) is 10.3. The summed E-state index contributed by atoms with van der Waals surface area (Å²) in [6.45, 7) is 0. The monoisotopic (exact) mass is 429 g/mol. The third-order valence-corrected chi connectivity index (χ3v) is 5.25. The van der Waals surface area contributed by atoms with Crippen LogP contribution in [-0.2, 0) is 18.3 Å². The highest BCUT2D eigenvalue weighted by Crippen LogP contribution is 2.30. The van der Waals surface area contributed by atoms with E-state index in [-0.39, 0.29) is 28.9 Å². The maximum Gasteiger partial charge on any atom is 0.297 e. The molecule has 9 heteroatoms. The maximum atomic E-state index is 13.4. The molecule has 148 valence electrons. The first kappa shape index (κ1) is 19.4. The van der Waals surface area contributed by atoms with Gasteiger partial charge in [0.1, 0.15) is 10.7 Å². The number of rotatable bonds is 3. The summed E-state index contributed by atoms with van der Waals surface area (Å²) in [7, 11) is 5.14. The first-order valence-corrected chi connectivity index (χ1v) is 9.56. The van der Waals surface area contributed by atoms with Crippen molar-refractivity contribution in [2.24, 2.45) is 7.05 Å². The van der Waals surface area contributed by atoms with Gasteiger partial charge < -0.3 is 9.47 Å². The molecular weight excluding hydrogens is 413 g/mol. The molecule has 0 bridgehead atoms. The molecule has 0 aliphatic rings. The van der Waals surface area contributed by atoms with Crippen LogP contribution in [0.1, 0.15) is 5.69 Å². The summed E-state index contributed by atoms with van der Waals surface area (Å²) in [6.07, 6.45) is 0.0338. The number of amides is 1. The molecular formula is C20H17Cl2N5O2. The zero-order valence-electron chi connectivity index (χ0n) is 16.0. The fourth-order valence-corrected chi connectivity index (χ4v) is 3.69. The molecule has 4 aromatic rings. The molecule has 0 aliphatic heterocycles. The number of hydrogen-bond acceptors (Lipinski definition) is 4. The Kier molecular flexibility index (Phi) is 4.80. The molecule has 0 aliphatic carbocycles. The average Bonchev–Trinajstić information content (AvgIpc) is 2.96. The van der Waals surface area contributed by atoms with Crippen LogP contribution in [0.2, 0.25) is 10.2 Å². The normalized spacial score (nSPS) is 11.3. The molecule has 0 unspecified atom stereocenters. The first-order valence-electron chi connectivity index (χ1n) is 8.81. The number of hydrogen-bond donors (Lipinski definition) is 0. The van der Waals surface area contributed by atoms with Crippen molar-refractivity contribution in [3.8, 4) is 5.82 Å². The number of halogens is 2. The van der Waals surface area contributed by atoms with Crippen LogP contribution in [0.3, 0.4) is 0 Å². The maximum absolute atomic E-state index is 13.4. The van der Waals surface area contributed by atoms with E-state index in [9.17, 15) is 9.59 Å². The van der Waals surface area contributed by atoms with Crippen LogP contribution in [0.25, 0.3) is 27.6 Å². The summed E-state index contributed by atoms with van der Waals surface area (Å²) in [4.78, 5) is 31.5. The van der Waals surface area contributed by atoms with Crippen molar-refractivity contribution in [2.75, 3.05) is 14.1 Å². The van der Waals surface area contributed by atoms with E-state index >= 15 is 0 Å². The van der Waals surface area contributed by atoms with Gasteiger partial charge in [0.15, 0.2) is 5.82 Å². The minimum absolute atomic E-state index is 0.0338. The number of carbonyl (C=O) groups is 1. The number of nitrogens with zero attached hydrogens (tertiary/aromatic N) is 5. The van der Waals surface area contributed by atoms with Gasteiger partial charge in [-0.15, -0.1) is 0 Å². The molecule has 0 N–H and O–H groups in total. The fourth-order valence-electron chi connectivity index (χ4n) is 3.36. The Morgan fingerprint density at radius 1 is 1.17 bits per heavy atom. The molecule has 7 nitrogen and oxygen atoms in total. The van der Waals surface area contributed by atoms with E-state index in [2.05, 4.69) is 10.1 Å². The van der Waals surface area contributed by atoms with E-state index < -0.39 is 0 Å². The Balaban J connectivity index is 2.13. The van der Waals surface area contributed by atoms with Gasteiger partial charge in [-0.3, -0.25) is 9.59 Å². The van der Waals surface area contributed by atoms with E-state index in [1.54, 1.807) is 56.0 Å². The Hall–Kier alpha value is -2.90. The van der Waals surface area contributed by atoms with Crippen molar-refractivity contribution >= 4 is 50.9 Å². The number of aromatic nitrogens is 4. The van der Waals surface area contributed by atoms with Crippen molar-refractivity contribution in [1.29, 1.82) is 0 Å². The molecule has 29 heavy (non-hydrogen) atoms. The second kappa shape index (κ2) is 7.17. The zero-order valence-corrected chi connectivity index (χ0v) is 17.5. The van der Waals surface area contributed by atoms with Gasteiger partial charge in [0.25, 0.3) is 5.56 Å². The van der Waals surface area contributed by atoms with Gasteiger partial charge in [-0.05, 0) is 24.3 Å². The highest BCUT2D eigenvalue weighted by atomic mass is 35.5. The fraction of sp³-hybridized carbons (Fsp3) is 0.200. The predicted octanol–water partition coefficient (Wildman–Crippen LogP) is 3.21. The highest BCUT2D eigenvalue weighted by Gasteiger charge is 2.22. The number of benzene rings is 1. The Bertz CT molecular complexity index is 1340. The number of likely N-dealkylation sites (N-methyl/N-ethyl adjacent to an activating group) is 1. The topological polar surface area (TPSA) is 73.0 Å². The van der Waals surface area contributed by atoms with Crippen molar-refractivity contribution in [2.45, 2.75) is 6.42 Å². The van der Waals surface area contributed by atoms with E-state index in [0.717, 1.165) is 10.9 Å². The lowest BCUT2D eigenvalue weighted by atomic mass is 10.1. The summed E-state index contributed by atoms with van der Waals surface area (Å²) in [5.41, 5.74) is 1.32. The second-order valence-electron chi connectivity index (χ2n) is 6.89. The van der Waals surface area contributed by atoms with Crippen molar-refractivity contribution in [3.63, 3.8) is 0 Å². The predicted molar refractivity (Wildman–Crippen MR) is 114 cm³/mol. The highest BCUT2D eigenvalue weighted by molar-refractivity contribution is 6.31. The molecule has 3 aromatic heterocycles. The number of pyridine rings is 1. The third kappa shape index (κ3) is 3.26. The molecule has 0 saturated heterocycles. The standard InChI is InChI=1S/C20H17Cl2N5O2/c1-25(2)17(28)10-13-18-12-8-7-11(21)9-14(12)26(3)19(18)20(29)27(24-13)16-6-4-5-15(22)23-16/h4-9H,10H2,1-3H3. The molecule has 0 saturated carbocycles. The Labute approximate surface area is 176 Å². The molecule has 0 atom stereocenters. The van der Waals surface area contributed by atoms with Crippen LogP contribution in [-0.4, -0.2) is 44.2 Å². The molecule has 0 spiro atoms. The number of aryl methyl sites for hydroxylation is 1. The third-order valence-electron chi connectivity index (χ3n) is 4.80. The summed E-state index contributed by atoms with van der Waals surface area (Å²) in [5, 5.41) is 6.75. The quantitative estimate of drug-likeness (QED) is 0.468. The summed E-state index contributed by atoms with van der Waals surface area (Å²) >= 11 is 12.2. The summed E-state index contributed by atoms with van der Waals surface area (Å²) in [5.74, 6) is 0.153. The van der Waals surface area contributed by atoms with Gasteiger partial charge in [-0.25, -0.2) is 4.98 Å². The second-order valence-corrected chi connectivity index (χ2v) is 7.71. The van der Waals surface area contributed by atoms with E-state index in [1.807, 2.05) is 6.07 Å². The van der Waals surface area contributed by atoms with Crippen molar-refractivity contribution < 1.29 is 4.79 Å². The molecule has 0 radical (unpaired) electrons. The van der Waals surface area contributed by atoms with Gasteiger partial charge in [-0.2, -0.15) is 9.78 Å². The van der Waals surface area contributed by atoms with E-state index in [1.165, 1.54) is 9.58 Å². The van der Waals surface area contributed by atoms with Gasteiger partial charge in [0.05, 0.1) is 17.6 Å². The minimum atomic E-state index is -0.356. The van der Waals surface area contributed by atoms with Gasteiger partial charge in [0.2, 0.25) is 5.91 Å². The van der Waals surface area contributed by atoms with E-state index in [0.29, 0.717) is 21.6 Å². The van der Waals surface area contributed by atoms with E-state index in [4.69, 9.17) is 23.2 Å². The van der Waals surface area contributed by atoms with Crippen LogP contribution < -0.4 is 5.56 Å². The molecule has 4 rings (SSSR count). The Morgan fingerprint density at radius 2 is 1.93 bits per heavy atom. The van der Waals surface area contributed by atoms with Crippen molar-refractivity contribution in [1.82, 2.24) is 24.2 Å². The van der Waals surface area contributed by atoms with Crippen LogP contribution in [0.4, 0.5) is 0 Å². The average molecular weight is 430 g/mol. The molecule has 1 amide bonds. The van der Waals surface area contributed by atoms with Crippen LogP contribution in [0, 0.1) is 0 Å². The number of fused-ring (bicyclic) bond motifs is 3. The van der Waals surface area contributed by atoms with Crippen molar-refractivity contribution in [3.05, 3.63) is 62.6 Å². The van der Waals surface area contributed by atoms with Gasteiger partial charge in [-0.1, -0.05) is 35.3 Å². The SMILES string of the molecule is CN(C)C(=O)Cc1nn(-c2cccc(Cl)n2)c(=O)c2c1c1ccc(Cl)cc1n2C. The zero-order chi connectivity index (χ0) is 20.9. The van der Waals surface area contributed by atoms with Crippen LogP contribution >= 0.6 is 23.2 Å². The van der Waals surface area contributed by atoms with Crippen LogP contribution in [0.15, 0.2) is 41.2 Å². The minimum Gasteiger partial charge on any atom is -0.348 e.